The van der Waals surface area contributed by atoms with Gasteiger partial charge in [-0.25, -0.2) is 0 Å². The molecule has 2 unspecified atom stereocenters. The number of hydrogen-bond acceptors (Lipinski definition) is 3. The van der Waals surface area contributed by atoms with E-state index in [2.05, 4.69) is 0 Å². The van der Waals surface area contributed by atoms with Crippen LogP contribution in [-0.2, 0) is 14.4 Å². The first-order chi connectivity index (χ1) is 8.81. The average molecular weight is 290 g/mol. The molecule has 1 saturated carbocycles. The van der Waals surface area contributed by atoms with Gasteiger partial charge in [-0.3, -0.25) is 14.4 Å². The molecule has 1 aliphatic rings. The molecule has 0 aliphatic heterocycles. The Morgan fingerprint density at radius 1 is 1.42 bits per heavy atom. The van der Waals surface area contributed by atoms with Gasteiger partial charge in [0.25, 0.3) is 0 Å². The Kier molecular flexibility index (Phi) is 5.35. The fourth-order valence-corrected chi connectivity index (χ4v) is 2.99. The minimum atomic E-state index is -0.944. The molecular formula is C13H20ClNO4. The van der Waals surface area contributed by atoms with Crippen LogP contribution < -0.4 is 0 Å². The van der Waals surface area contributed by atoms with Gasteiger partial charge in [-0.1, -0.05) is 13.8 Å². The first-order valence-corrected chi connectivity index (χ1v) is 6.92. The second-order valence-corrected chi connectivity index (χ2v) is 5.62. The Morgan fingerprint density at radius 2 is 2.00 bits per heavy atom. The molecular weight excluding hydrogens is 270 g/mol. The van der Waals surface area contributed by atoms with Crippen molar-refractivity contribution in [2.45, 2.75) is 32.7 Å². The highest BCUT2D eigenvalue weighted by Crippen LogP contribution is 2.35. The Balaban J connectivity index is 2.85. The number of ketones is 1. The van der Waals surface area contributed by atoms with Gasteiger partial charge in [-0.15, -0.1) is 11.6 Å². The predicted molar refractivity (Wildman–Crippen MR) is 71.0 cm³/mol. The second-order valence-electron chi connectivity index (χ2n) is 5.35. The van der Waals surface area contributed by atoms with E-state index in [0.717, 1.165) is 0 Å². The van der Waals surface area contributed by atoms with E-state index in [9.17, 15) is 19.5 Å². The first-order valence-electron chi connectivity index (χ1n) is 6.39. The maximum absolute atomic E-state index is 12.3. The summed E-state index contributed by atoms with van der Waals surface area (Å²) in [7, 11) is 1.54. The third-order valence-corrected chi connectivity index (χ3v) is 4.09. The van der Waals surface area contributed by atoms with Crippen molar-refractivity contribution >= 4 is 29.3 Å². The lowest BCUT2D eigenvalue weighted by molar-refractivity contribution is -0.148. The quantitative estimate of drug-likeness (QED) is 0.776. The molecule has 0 aromatic rings. The molecule has 5 nitrogen and oxygen atoms in total. The van der Waals surface area contributed by atoms with Crippen molar-refractivity contribution in [3.63, 3.8) is 0 Å². The van der Waals surface area contributed by atoms with E-state index in [1.54, 1.807) is 20.9 Å². The minimum Gasteiger partial charge on any atom is -0.481 e. The molecule has 0 bridgehead atoms. The molecule has 1 rings (SSSR count). The van der Waals surface area contributed by atoms with Crippen LogP contribution in [0.1, 0.15) is 26.7 Å². The van der Waals surface area contributed by atoms with Gasteiger partial charge in [0.1, 0.15) is 5.88 Å². The fraction of sp³-hybridized carbons (Fsp3) is 0.769. The monoisotopic (exact) mass is 289 g/mol. The molecule has 0 spiro atoms. The summed E-state index contributed by atoms with van der Waals surface area (Å²) in [5.41, 5.74) is 0. The number of carboxylic acids is 1. The molecule has 108 valence electrons. The molecule has 1 N–H and O–H groups in total. The van der Waals surface area contributed by atoms with Gasteiger partial charge in [0.2, 0.25) is 5.91 Å². The number of amides is 1. The van der Waals surface area contributed by atoms with E-state index < -0.39 is 23.8 Å². The highest BCUT2D eigenvalue weighted by Gasteiger charge is 2.45. The molecule has 1 fully saturated rings. The maximum Gasteiger partial charge on any atom is 0.307 e. The van der Waals surface area contributed by atoms with Crippen molar-refractivity contribution in [2.75, 3.05) is 12.9 Å². The number of carbonyl (C=O) groups is 3. The van der Waals surface area contributed by atoms with Crippen molar-refractivity contribution in [3.05, 3.63) is 0 Å². The summed E-state index contributed by atoms with van der Waals surface area (Å²) < 4.78 is 0. The number of carbonyl (C=O) groups excluding carboxylic acids is 2. The second kappa shape index (κ2) is 6.37. The Bertz CT molecular complexity index is 383. The van der Waals surface area contributed by atoms with Gasteiger partial charge >= 0.3 is 5.97 Å². The fourth-order valence-electron chi connectivity index (χ4n) is 2.80. The number of carboxylic acid groups (broad SMARTS) is 1. The van der Waals surface area contributed by atoms with E-state index >= 15 is 0 Å². The van der Waals surface area contributed by atoms with Crippen LogP contribution in [-0.4, -0.2) is 46.6 Å². The number of halogens is 1. The van der Waals surface area contributed by atoms with Gasteiger partial charge in [-0.05, 0) is 18.8 Å². The summed E-state index contributed by atoms with van der Waals surface area (Å²) in [5, 5.41) is 9.25. The summed E-state index contributed by atoms with van der Waals surface area (Å²) in [6.45, 7) is 3.60. The molecule has 6 heteroatoms. The zero-order valence-corrected chi connectivity index (χ0v) is 12.2. The molecule has 0 aromatic carbocycles. The number of nitrogens with zero attached hydrogens (tertiary/aromatic N) is 1. The Hall–Kier alpha value is -1.10. The van der Waals surface area contributed by atoms with Gasteiger partial charge in [0.15, 0.2) is 5.78 Å². The Morgan fingerprint density at radius 3 is 2.42 bits per heavy atom. The van der Waals surface area contributed by atoms with Crippen molar-refractivity contribution in [1.82, 2.24) is 4.90 Å². The van der Waals surface area contributed by atoms with Crippen LogP contribution in [0.2, 0.25) is 0 Å². The molecule has 0 radical (unpaired) electrons. The van der Waals surface area contributed by atoms with Gasteiger partial charge < -0.3 is 10.0 Å². The lowest BCUT2D eigenvalue weighted by atomic mass is 9.81. The summed E-state index contributed by atoms with van der Waals surface area (Å²) in [6, 6.07) is -0.531. The van der Waals surface area contributed by atoms with Gasteiger partial charge in [-0.2, -0.15) is 0 Å². The zero-order chi connectivity index (χ0) is 14.7. The number of likely N-dealkylation sites (N-methyl/N-ethyl adjacent to an activating group) is 1. The van der Waals surface area contributed by atoms with Crippen LogP contribution in [0.3, 0.4) is 0 Å². The smallest absolute Gasteiger partial charge is 0.307 e. The summed E-state index contributed by atoms with van der Waals surface area (Å²) >= 11 is 5.48. The van der Waals surface area contributed by atoms with E-state index in [-0.39, 0.29) is 23.5 Å². The summed E-state index contributed by atoms with van der Waals surface area (Å²) in [5.74, 6) is -2.87. The number of Topliss-reactive ketones (excluding diaryl/α,β-unsaturated/α-hetero) is 1. The molecule has 3 atom stereocenters. The number of rotatable bonds is 5. The van der Waals surface area contributed by atoms with Crippen LogP contribution in [0, 0.1) is 17.8 Å². The van der Waals surface area contributed by atoms with Crippen LogP contribution in [0.15, 0.2) is 0 Å². The minimum absolute atomic E-state index is 0.112. The number of alkyl halides is 1. The van der Waals surface area contributed by atoms with Crippen molar-refractivity contribution < 1.29 is 19.5 Å². The van der Waals surface area contributed by atoms with E-state index in [0.29, 0.717) is 12.8 Å². The maximum atomic E-state index is 12.3. The summed E-state index contributed by atoms with van der Waals surface area (Å²) in [6.07, 6.45) is 1.03. The van der Waals surface area contributed by atoms with E-state index in [1.807, 2.05) is 0 Å². The standard InChI is InChI=1S/C13H20ClNO4/c1-7(2)11(13(18)19)8-4-5-9(12(8)17)15(3)10(16)6-14/h7-9,11H,4-6H2,1-3H3,(H,18,19)/t8?,9-,11?/m1/s1. The molecule has 19 heavy (non-hydrogen) atoms. The van der Waals surface area contributed by atoms with Crippen LogP contribution in [0.4, 0.5) is 0 Å². The van der Waals surface area contributed by atoms with E-state index in [4.69, 9.17) is 11.6 Å². The SMILES string of the molecule is CC(C)C(C(=O)O)C1CC[C@@H](N(C)C(=O)CCl)C1=O. The number of aliphatic carboxylic acids is 1. The van der Waals surface area contributed by atoms with Crippen molar-refractivity contribution in [3.8, 4) is 0 Å². The van der Waals surface area contributed by atoms with Crippen molar-refractivity contribution in [1.29, 1.82) is 0 Å². The average Bonchev–Trinajstić information content (AvgIpc) is 2.69. The predicted octanol–water partition coefficient (Wildman–Crippen LogP) is 1.39. The Labute approximate surface area is 117 Å². The molecule has 1 amide bonds. The third kappa shape index (κ3) is 3.26. The summed E-state index contributed by atoms with van der Waals surface area (Å²) in [4.78, 5) is 36.5. The van der Waals surface area contributed by atoms with Crippen LogP contribution >= 0.6 is 11.6 Å². The molecule has 0 heterocycles. The van der Waals surface area contributed by atoms with Gasteiger partial charge in [0.05, 0.1) is 12.0 Å². The number of hydrogen-bond donors (Lipinski definition) is 1. The molecule has 1 aliphatic carbocycles. The zero-order valence-electron chi connectivity index (χ0n) is 11.4. The largest absolute Gasteiger partial charge is 0.481 e. The van der Waals surface area contributed by atoms with E-state index in [1.165, 1.54) is 4.90 Å². The third-order valence-electron chi connectivity index (χ3n) is 3.86. The topological polar surface area (TPSA) is 74.7 Å². The normalized spacial score (nSPS) is 24.6. The lowest BCUT2D eigenvalue weighted by Gasteiger charge is -2.25. The highest BCUT2D eigenvalue weighted by molar-refractivity contribution is 6.27. The molecule has 0 saturated heterocycles. The van der Waals surface area contributed by atoms with Gasteiger partial charge in [0, 0.05) is 13.0 Å². The van der Waals surface area contributed by atoms with Crippen molar-refractivity contribution in [2.24, 2.45) is 17.8 Å². The first kappa shape index (κ1) is 16.0. The molecule has 0 aromatic heterocycles. The van der Waals surface area contributed by atoms with Crippen LogP contribution in [0.25, 0.3) is 0 Å². The van der Waals surface area contributed by atoms with Crippen LogP contribution in [0.5, 0.6) is 0 Å². The lowest BCUT2D eigenvalue weighted by Crippen LogP contribution is -2.43. The highest BCUT2D eigenvalue weighted by atomic mass is 35.5.